The standard InChI is InChI=1S/C17H20N2/c1-18-17-4-2-3-15(11-17)13-5-7-14(8-6-13)16-9-10-19-12-16/h2-8,11,16,18-19H,9-10,12H2,1H3. The van der Waals surface area contributed by atoms with Crippen LogP contribution in [0.3, 0.4) is 0 Å². The molecule has 2 N–H and O–H groups in total. The lowest BCUT2D eigenvalue weighted by Gasteiger charge is -2.10. The third-order valence-corrected chi connectivity index (χ3v) is 3.93. The van der Waals surface area contributed by atoms with Crippen LogP contribution in [-0.2, 0) is 0 Å². The number of hydrogen-bond donors (Lipinski definition) is 2. The highest BCUT2D eigenvalue weighted by Gasteiger charge is 2.16. The van der Waals surface area contributed by atoms with Gasteiger partial charge in [-0.2, -0.15) is 0 Å². The van der Waals surface area contributed by atoms with Crippen LogP contribution in [0.25, 0.3) is 11.1 Å². The highest BCUT2D eigenvalue weighted by atomic mass is 14.9. The number of nitrogens with one attached hydrogen (secondary N) is 2. The molecule has 1 unspecified atom stereocenters. The summed E-state index contributed by atoms with van der Waals surface area (Å²) in [6.45, 7) is 2.27. The van der Waals surface area contributed by atoms with E-state index in [1.165, 1.54) is 23.1 Å². The summed E-state index contributed by atoms with van der Waals surface area (Å²) in [6.07, 6.45) is 1.26. The van der Waals surface area contributed by atoms with Crippen molar-refractivity contribution in [2.75, 3.05) is 25.5 Å². The van der Waals surface area contributed by atoms with Gasteiger partial charge in [0.05, 0.1) is 0 Å². The molecule has 2 heteroatoms. The normalized spacial score (nSPS) is 18.5. The predicted octanol–water partition coefficient (Wildman–Crippen LogP) is 3.47. The van der Waals surface area contributed by atoms with E-state index in [1.54, 1.807) is 0 Å². The van der Waals surface area contributed by atoms with Crippen molar-refractivity contribution in [2.24, 2.45) is 0 Å². The molecule has 19 heavy (non-hydrogen) atoms. The van der Waals surface area contributed by atoms with Gasteiger partial charge >= 0.3 is 0 Å². The second-order valence-electron chi connectivity index (χ2n) is 5.14. The van der Waals surface area contributed by atoms with Crippen LogP contribution < -0.4 is 10.6 Å². The lowest BCUT2D eigenvalue weighted by Crippen LogP contribution is -2.07. The maximum Gasteiger partial charge on any atom is 0.0343 e. The molecule has 1 saturated heterocycles. The molecule has 3 rings (SSSR count). The van der Waals surface area contributed by atoms with Gasteiger partial charge in [-0.05, 0) is 47.7 Å². The van der Waals surface area contributed by atoms with Gasteiger partial charge in [0.25, 0.3) is 0 Å². The van der Waals surface area contributed by atoms with Crippen LogP contribution in [0.15, 0.2) is 48.5 Å². The summed E-state index contributed by atoms with van der Waals surface area (Å²) >= 11 is 0. The van der Waals surface area contributed by atoms with Gasteiger partial charge in [0, 0.05) is 19.3 Å². The van der Waals surface area contributed by atoms with Crippen LogP contribution in [0.2, 0.25) is 0 Å². The second kappa shape index (κ2) is 5.45. The monoisotopic (exact) mass is 252 g/mol. The topological polar surface area (TPSA) is 24.1 Å². The smallest absolute Gasteiger partial charge is 0.0343 e. The van der Waals surface area contributed by atoms with E-state index in [-0.39, 0.29) is 0 Å². The fourth-order valence-corrected chi connectivity index (χ4v) is 2.74. The summed E-state index contributed by atoms with van der Waals surface area (Å²) < 4.78 is 0. The lowest BCUT2D eigenvalue weighted by molar-refractivity contribution is 0.763. The average molecular weight is 252 g/mol. The minimum absolute atomic E-state index is 0.692. The van der Waals surface area contributed by atoms with Gasteiger partial charge in [0.15, 0.2) is 0 Å². The predicted molar refractivity (Wildman–Crippen MR) is 81.7 cm³/mol. The molecular weight excluding hydrogens is 232 g/mol. The third-order valence-electron chi connectivity index (χ3n) is 3.93. The molecule has 1 fully saturated rings. The Morgan fingerprint density at radius 1 is 1.05 bits per heavy atom. The Labute approximate surface area is 114 Å². The van der Waals surface area contributed by atoms with Gasteiger partial charge in [-0.25, -0.2) is 0 Å². The van der Waals surface area contributed by atoms with E-state index in [2.05, 4.69) is 59.2 Å². The quantitative estimate of drug-likeness (QED) is 0.874. The van der Waals surface area contributed by atoms with Gasteiger partial charge in [0.2, 0.25) is 0 Å². The fraction of sp³-hybridized carbons (Fsp3) is 0.294. The molecule has 0 spiro atoms. The first-order chi connectivity index (χ1) is 9.36. The molecule has 0 saturated carbocycles. The van der Waals surface area contributed by atoms with Crippen molar-refractivity contribution in [3.8, 4) is 11.1 Å². The first-order valence-corrected chi connectivity index (χ1v) is 6.96. The Balaban J connectivity index is 1.84. The fourth-order valence-electron chi connectivity index (χ4n) is 2.74. The Bertz CT molecular complexity index is 539. The van der Waals surface area contributed by atoms with Crippen molar-refractivity contribution < 1.29 is 0 Å². The average Bonchev–Trinajstić information content (AvgIpc) is 3.02. The van der Waals surface area contributed by atoms with Crippen LogP contribution in [0.5, 0.6) is 0 Å². The van der Waals surface area contributed by atoms with E-state index < -0.39 is 0 Å². The molecule has 2 aromatic rings. The van der Waals surface area contributed by atoms with Gasteiger partial charge in [0.1, 0.15) is 0 Å². The van der Waals surface area contributed by atoms with Crippen molar-refractivity contribution in [3.63, 3.8) is 0 Å². The van der Waals surface area contributed by atoms with Crippen molar-refractivity contribution in [2.45, 2.75) is 12.3 Å². The van der Waals surface area contributed by atoms with Crippen LogP contribution in [-0.4, -0.2) is 20.1 Å². The largest absolute Gasteiger partial charge is 0.388 e. The van der Waals surface area contributed by atoms with Gasteiger partial charge in [-0.3, -0.25) is 0 Å². The summed E-state index contributed by atoms with van der Waals surface area (Å²) in [4.78, 5) is 0. The Morgan fingerprint density at radius 2 is 1.89 bits per heavy atom. The molecule has 1 aliphatic rings. The Hall–Kier alpha value is -1.80. The van der Waals surface area contributed by atoms with E-state index in [1.807, 2.05) is 7.05 Å². The summed E-state index contributed by atoms with van der Waals surface area (Å²) in [5, 5.41) is 6.61. The molecule has 0 radical (unpaired) electrons. The van der Waals surface area contributed by atoms with Crippen molar-refractivity contribution in [1.82, 2.24) is 5.32 Å². The number of anilines is 1. The second-order valence-corrected chi connectivity index (χ2v) is 5.14. The highest BCUT2D eigenvalue weighted by Crippen LogP contribution is 2.27. The molecule has 0 amide bonds. The summed E-state index contributed by atoms with van der Waals surface area (Å²) in [5.74, 6) is 0.692. The molecule has 2 nitrogen and oxygen atoms in total. The van der Waals surface area contributed by atoms with Gasteiger partial charge in [-0.1, -0.05) is 36.4 Å². The first-order valence-electron chi connectivity index (χ1n) is 6.96. The molecule has 98 valence electrons. The zero-order valence-corrected chi connectivity index (χ0v) is 11.3. The molecular formula is C17H20N2. The van der Waals surface area contributed by atoms with Crippen LogP contribution in [0.1, 0.15) is 17.9 Å². The molecule has 2 aromatic carbocycles. The lowest BCUT2D eigenvalue weighted by atomic mass is 9.95. The van der Waals surface area contributed by atoms with Crippen LogP contribution in [0, 0.1) is 0 Å². The number of benzene rings is 2. The molecule has 0 bridgehead atoms. The van der Waals surface area contributed by atoms with Gasteiger partial charge in [-0.15, -0.1) is 0 Å². The van der Waals surface area contributed by atoms with Crippen molar-refractivity contribution >= 4 is 5.69 Å². The SMILES string of the molecule is CNc1cccc(-c2ccc(C3CCNC3)cc2)c1. The molecule has 1 heterocycles. The number of hydrogen-bond acceptors (Lipinski definition) is 2. The number of rotatable bonds is 3. The highest BCUT2D eigenvalue weighted by molar-refractivity contribution is 5.68. The molecule has 0 aliphatic carbocycles. The van der Waals surface area contributed by atoms with Crippen LogP contribution in [0.4, 0.5) is 5.69 Å². The zero-order valence-electron chi connectivity index (χ0n) is 11.3. The van der Waals surface area contributed by atoms with E-state index in [9.17, 15) is 0 Å². The Morgan fingerprint density at radius 3 is 2.58 bits per heavy atom. The van der Waals surface area contributed by atoms with E-state index in [4.69, 9.17) is 0 Å². The minimum atomic E-state index is 0.692. The minimum Gasteiger partial charge on any atom is -0.388 e. The zero-order chi connectivity index (χ0) is 13.1. The maximum atomic E-state index is 3.42. The summed E-state index contributed by atoms with van der Waals surface area (Å²) in [5.41, 5.74) is 5.16. The summed E-state index contributed by atoms with van der Waals surface area (Å²) in [7, 11) is 1.95. The maximum absolute atomic E-state index is 3.42. The van der Waals surface area contributed by atoms with Crippen LogP contribution >= 0.6 is 0 Å². The molecule has 1 atom stereocenters. The van der Waals surface area contributed by atoms with Crippen molar-refractivity contribution in [3.05, 3.63) is 54.1 Å². The van der Waals surface area contributed by atoms with Crippen molar-refractivity contribution in [1.29, 1.82) is 0 Å². The molecule has 1 aliphatic heterocycles. The summed E-state index contributed by atoms with van der Waals surface area (Å²) in [6, 6.07) is 17.6. The Kier molecular flexibility index (Phi) is 3.51. The van der Waals surface area contributed by atoms with Gasteiger partial charge < -0.3 is 10.6 Å². The first kappa shape index (κ1) is 12.2. The van der Waals surface area contributed by atoms with E-state index in [0.29, 0.717) is 5.92 Å². The third kappa shape index (κ3) is 2.64. The molecule has 0 aromatic heterocycles. The van der Waals surface area contributed by atoms with E-state index >= 15 is 0 Å². The van der Waals surface area contributed by atoms with E-state index in [0.717, 1.165) is 18.8 Å².